The first-order valence-electron chi connectivity index (χ1n) is 4.94. The van der Waals surface area contributed by atoms with Gasteiger partial charge in [0.25, 0.3) is 0 Å². The normalized spacial score (nSPS) is 29.1. The molecule has 0 aromatic rings. The summed E-state index contributed by atoms with van der Waals surface area (Å²) in [6.07, 6.45) is 0. The third kappa shape index (κ3) is 1.91. The van der Waals surface area contributed by atoms with E-state index < -0.39 is 11.4 Å². The molecule has 2 heterocycles. The highest BCUT2D eigenvalue weighted by Gasteiger charge is 2.45. The highest BCUT2D eigenvalue weighted by atomic mass is 32.2. The number of thioether (sulfide) groups is 1. The van der Waals surface area contributed by atoms with Crippen molar-refractivity contribution < 1.29 is 12.6 Å². The first-order valence-corrected chi connectivity index (χ1v) is 7.10. The van der Waals surface area contributed by atoms with E-state index in [0.717, 1.165) is 23.0 Å². The second-order valence-corrected chi connectivity index (χ2v) is 7.02. The monoisotopic (exact) mass is 248 g/mol. The molecule has 86 valence electrons. The highest BCUT2D eigenvalue weighted by molar-refractivity contribution is 7.99. The number of hydrogen-bond donors (Lipinski definition) is 0. The summed E-state index contributed by atoms with van der Waals surface area (Å²) in [7, 11) is 0. The Kier molecular flexibility index (Phi) is 2.58. The first-order chi connectivity index (χ1) is 6.83. The van der Waals surface area contributed by atoms with Crippen molar-refractivity contribution in [3.05, 3.63) is 11.5 Å². The van der Waals surface area contributed by atoms with Crippen molar-refractivity contribution in [1.82, 2.24) is 0 Å². The molecule has 15 heavy (non-hydrogen) atoms. The molecule has 2 aliphatic heterocycles. The van der Waals surface area contributed by atoms with Gasteiger partial charge < -0.3 is 8.37 Å². The van der Waals surface area contributed by atoms with E-state index in [4.69, 9.17) is 8.37 Å². The van der Waals surface area contributed by atoms with Crippen LogP contribution in [0.5, 0.6) is 0 Å². The second-order valence-electron chi connectivity index (χ2n) is 5.29. The van der Waals surface area contributed by atoms with Gasteiger partial charge >= 0.3 is 11.4 Å². The van der Waals surface area contributed by atoms with E-state index in [1.165, 1.54) is 0 Å². The SMILES string of the molecule is CC1(C)CSCC(C)(C)C2=C1OS(=O)O2. The van der Waals surface area contributed by atoms with E-state index in [-0.39, 0.29) is 10.8 Å². The summed E-state index contributed by atoms with van der Waals surface area (Å²) in [5.74, 6) is 3.48. The predicted molar refractivity (Wildman–Crippen MR) is 62.2 cm³/mol. The van der Waals surface area contributed by atoms with Crippen LogP contribution in [0.25, 0.3) is 0 Å². The van der Waals surface area contributed by atoms with Crippen molar-refractivity contribution in [3.8, 4) is 0 Å². The summed E-state index contributed by atoms with van der Waals surface area (Å²) in [5.41, 5.74) is -0.195. The van der Waals surface area contributed by atoms with Crippen LogP contribution in [-0.4, -0.2) is 15.7 Å². The topological polar surface area (TPSA) is 35.5 Å². The Balaban J connectivity index is 2.47. The van der Waals surface area contributed by atoms with Crippen molar-refractivity contribution in [3.63, 3.8) is 0 Å². The Bertz CT molecular complexity index is 315. The molecule has 0 N–H and O–H groups in total. The van der Waals surface area contributed by atoms with E-state index >= 15 is 0 Å². The molecule has 0 saturated carbocycles. The molecule has 0 saturated heterocycles. The molecule has 0 fully saturated rings. The van der Waals surface area contributed by atoms with Crippen LogP contribution >= 0.6 is 11.8 Å². The number of rotatable bonds is 0. The van der Waals surface area contributed by atoms with Crippen LogP contribution in [0.3, 0.4) is 0 Å². The molecular weight excluding hydrogens is 232 g/mol. The van der Waals surface area contributed by atoms with Gasteiger partial charge in [0.2, 0.25) is 0 Å². The molecule has 0 aliphatic carbocycles. The van der Waals surface area contributed by atoms with Gasteiger partial charge in [0.05, 0.1) is 0 Å². The minimum absolute atomic E-state index is 0.0973. The Morgan fingerprint density at radius 1 is 1.07 bits per heavy atom. The van der Waals surface area contributed by atoms with Crippen molar-refractivity contribution >= 4 is 23.1 Å². The molecule has 0 aromatic heterocycles. The van der Waals surface area contributed by atoms with Crippen LogP contribution in [0, 0.1) is 10.8 Å². The van der Waals surface area contributed by atoms with Gasteiger partial charge in [-0.3, -0.25) is 0 Å². The van der Waals surface area contributed by atoms with Gasteiger partial charge in [0.15, 0.2) is 11.5 Å². The van der Waals surface area contributed by atoms with Crippen LogP contribution in [-0.2, 0) is 19.7 Å². The van der Waals surface area contributed by atoms with E-state index in [1.807, 2.05) is 11.8 Å². The zero-order valence-electron chi connectivity index (χ0n) is 9.46. The average molecular weight is 248 g/mol. The molecule has 0 spiro atoms. The molecule has 5 heteroatoms. The van der Waals surface area contributed by atoms with Gasteiger partial charge in [-0.1, -0.05) is 27.7 Å². The standard InChI is InChI=1S/C10H16O3S2/c1-9(2)5-14-6-10(3,4)8-7(9)12-15(11)13-8/h5-6H2,1-4H3. The predicted octanol–water partition coefficient (Wildman–Crippen LogP) is 2.62. The Hall–Kier alpha value is -0.160. The van der Waals surface area contributed by atoms with E-state index in [9.17, 15) is 4.21 Å². The van der Waals surface area contributed by atoms with E-state index in [1.54, 1.807) is 0 Å². The summed E-state index contributed by atoms with van der Waals surface area (Å²) in [4.78, 5) is 0. The first kappa shape index (κ1) is 11.3. The molecular formula is C10H16O3S2. The van der Waals surface area contributed by atoms with Crippen LogP contribution in [0.4, 0.5) is 0 Å². The second kappa shape index (κ2) is 3.42. The van der Waals surface area contributed by atoms with Gasteiger partial charge in [-0.25, -0.2) is 0 Å². The third-order valence-electron chi connectivity index (χ3n) is 2.66. The van der Waals surface area contributed by atoms with E-state index in [0.29, 0.717) is 0 Å². The Morgan fingerprint density at radius 3 is 1.87 bits per heavy atom. The summed E-state index contributed by atoms with van der Waals surface area (Å²) in [6.45, 7) is 8.40. The van der Waals surface area contributed by atoms with E-state index in [2.05, 4.69) is 27.7 Å². The summed E-state index contributed by atoms with van der Waals surface area (Å²) in [6, 6.07) is 0. The molecule has 0 bridgehead atoms. The van der Waals surface area contributed by atoms with Crippen LogP contribution < -0.4 is 0 Å². The van der Waals surface area contributed by atoms with Gasteiger partial charge in [-0.15, -0.1) is 0 Å². The zero-order chi connectivity index (χ0) is 11.3. The Morgan fingerprint density at radius 2 is 1.47 bits per heavy atom. The van der Waals surface area contributed by atoms with Crippen LogP contribution in [0.1, 0.15) is 27.7 Å². The number of hydrogen-bond acceptors (Lipinski definition) is 4. The lowest BCUT2D eigenvalue weighted by Gasteiger charge is -2.22. The molecule has 3 nitrogen and oxygen atoms in total. The van der Waals surface area contributed by atoms with Gasteiger partial charge in [0.1, 0.15) is 0 Å². The summed E-state index contributed by atoms with van der Waals surface area (Å²) in [5, 5.41) is 0. The third-order valence-corrected chi connectivity index (χ3v) is 5.12. The Labute approximate surface area is 97.5 Å². The molecule has 0 unspecified atom stereocenters. The fraction of sp³-hybridized carbons (Fsp3) is 0.800. The molecule has 0 aromatic carbocycles. The highest BCUT2D eigenvalue weighted by Crippen LogP contribution is 2.48. The molecule has 0 radical (unpaired) electrons. The largest absolute Gasteiger partial charge is 0.417 e. The lowest BCUT2D eigenvalue weighted by Crippen LogP contribution is -2.20. The molecule has 2 rings (SSSR count). The smallest absolute Gasteiger partial charge is 0.371 e. The maximum atomic E-state index is 11.3. The van der Waals surface area contributed by atoms with Gasteiger partial charge in [-0.05, 0) is 0 Å². The van der Waals surface area contributed by atoms with Crippen molar-refractivity contribution in [2.45, 2.75) is 27.7 Å². The van der Waals surface area contributed by atoms with Crippen LogP contribution in [0.15, 0.2) is 11.5 Å². The minimum Gasteiger partial charge on any atom is -0.371 e. The quantitative estimate of drug-likeness (QED) is 0.660. The number of allylic oxidation sites excluding steroid dienone is 2. The fourth-order valence-corrected chi connectivity index (χ4v) is 4.06. The molecule has 0 atom stereocenters. The lowest BCUT2D eigenvalue weighted by molar-refractivity contribution is 0.303. The molecule has 0 amide bonds. The summed E-state index contributed by atoms with van der Waals surface area (Å²) >= 11 is 0.260. The van der Waals surface area contributed by atoms with Crippen molar-refractivity contribution in [2.75, 3.05) is 11.5 Å². The molecule has 2 aliphatic rings. The fourth-order valence-electron chi connectivity index (χ4n) is 1.76. The van der Waals surface area contributed by atoms with Gasteiger partial charge in [0, 0.05) is 22.3 Å². The minimum atomic E-state index is -1.63. The average Bonchev–Trinajstić information content (AvgIpc) is 2.44. The van der Waals surface area contributed by atoms with Crippen molar-refractivity contribution in [1.29, 1.82) is 0 Å². The van der Waals surface area contributed by atoms with Crippen molar-refractivity contribution in [2.24, 2.45) is 10.8 Å². The van der Waals surface area contributed by atoms with Gasteiger partial charge in [-0.2, -0.15) is 16.0 Å². The zero-order valence-corrected chi connectivity index (χ0v) is 11.1. The van der Waals surface area contributed by atoms with Crippen LogP contribution in [0.2, 0.25) is 0 Å². The maximum absolute atomic E-state index is 11.3. The maximum Gasteiger partial charge on any atom is 0.417 e. The lowest BCUT2D eigenvalue weighted by atomic mass is 9.85. The summed E-state index contributed by atoms with van der Waals surface area (Å²) < 4.78 is 21.9.